The van der Waals surface area contributed by atoms with Crippen LogP contribution in [0.5, 0.6) is 0 Å². The molecule has 1 amide bonds. The molecular formula is C18H23N3O2S. The summed E-state index contributed by atoms with van der Waals surface area (Å²) < 4.78 is 0. The first kappa shape index (κ1) is 17.1. The van der Waals surface area contributed by atoms with Crippen LogP contribution in [0.1, 0.15) is 28.2 Å². The van der Waals surface area contributed by atoms with Crippen molar-refractivity contribution in [3.05, 3.63) is 45.4 Å². The largest absolute Gasteiger partial charge is 0.392 e. The summed E-state index contributed by atoms with van der Waals surface area (Å²) in [6.07, 6.45) is 0.905. The lowest BCUT2D eigenvalue weighted by Gasteiger charge is -2.12. The molecule has 5 nitrogen and oxygen atoms in total. The summed E-state index contributed by atoms with van der Waals surface area (Å²) in [4.78, 5) is 19.0. The van der Waals surface area contributed by atoms with Gasteiger partial charge in [-0.3, -0.25) is 9.69 Å². The number of rotatable bonds is 5. The van der Waals surface area contributed by atoms with Crippen molar-refractivity contribution in [3.8, 4) is 0 Å². The van der Waals surface area contributed by atoms with Crippen molar-refractivity contribution < 1.29 is 9.90 Å². The number of carbonyl (C=O) groups is 1. The number of anilines is 1. The topological polar surface area (TPSA) is 65.5 Å². The van der Waals surface area contributed by atoms with Crippen LogP contribution < -0.4 is 5.32 Å². The average molecular weight is 345 g/mol. The Labute approximate surface area is 146 Å². The molecule has 0 unspecified atom stereocenters. The Morgan fingerprint density at radius 2 is 2.29 bits per heavy atom. The summed E-state index contributed by atoms with van der Waals surface area (Å²) >= 11 is 1.52. The van der Waals surface area contributed by atoms with E-state index in [4.69, 9.17) is 0 Å². The van der Waals surface area contributed by atoms with Crippen LogP contribution in [0.4, 0.5) is 5.69 Å². The van der Waals surface area contributed by atoms with Crippen molar-refractivity contribution in [1.82, 2.24) is 9.88 Å². The Balaban J connectivity index is 1.56. The lowest BCUT2D eigenvalue weighted by Crippen LogP contribution is -2.21. The molecule has 2 N–H and O–H groups in total. The van der Waals surface area contributed by atoms with E-state index < -0.39 is 0 Å². The first-order valence-corrected chi connectivity index (χ1v) is 9.08. The number of aliphatic hydroxyl groups is 1. The molecule has 1 aromatic carbocycles. The van der Waals surface area contributed by atoms with Crippen LogP contribution in [0.2, 0.25) is 0 Å². The maximum Gasteiger partial charge on any atom is 0.231 e. The Bertz CT molecular complexity index is 729. The first-order chi connectivity index (χ1) is 11.5. The van der Waals surface area contributed by atoms with Gasteiger partial charge in [-0.2, -0.15) is 0 Å². The number of hydrogen-bond donors (Lipinski definition) is 2. The molecule has 6 heteroatoms. The monoisotopic (exact) mass is 345 g/mol. The summed E-state index contributed by atoms with van der Waals surface area (Å²) in [7, 11) is 0. The van der Waals surface area contributed by atoms with Crippen LogP contribution in [-0.4, -0.2) is 40.1 Å². The average Bonchev–Trinajstić information content (AvgIpc) is 3.12. The molecule has 1 aromatic heterocycles. The van der Waals surface area contributed by atoms with Crippen molar-refractivity contribution >= 4 is 22.9 Å². The normalized spacial score (nSPS) is 18.0. The number of likely N-dealkylation sites (tertiary alicyclic amines) is 1. The van der Waals surface area contributed by atoms with Crippen molar-refractivity contribution in [2.45, 2.75) is 39.3 Å². The van der Waals surface area contributed by atoms with Gasteiger partial charge in [0.15, 0.2) is 0 Å². The van der Waals surface area contributed by atoms with Gasteiger partial charge < -0.3 is 10.4 Å². The van der Waals surface area contributed by atoms with Crippen LogP contribution in [0.15, 0.2) is 23.6 Å². The van der Waals surface area contributed by atoms with E-state index >= 15 is 0 Å². The van der Waals surface area contributed by atoms with Gasteiger partial charge in [0.25, 0.3) is 0 Å². The van der Waals surface area contributed by atoms with E-state index in [1.165, 1.54) is 11.3 Å². The predicted octanol–water partition coefficient (Wildman–Crippen LogP) is 2.51. The van der Waals surface area contributed by atoms with Gasteiger partial charge in [0.2, 0.25) is 5.91 Å². The van der Waals surface area contributed by atoms with Crippen LogP contribution in [0.3, 0.4) is 0 Å². The molecule has 24 heavy (non-hydrogen) atoms. The van der Waals surface area contributed by atoms with E-state index in [9.17, 15) is 9.90 Å². The van der Waals surface area contributed by atoms with E-state index in [1.807, 2.05) is 37.4 Å². The predicted molar refractivity (Wildman–Crippen MR) is 96.3 cm³/mol. The fourth-order valence-corrected chi connectivity index (χ4v) is 3.67. The second-order valence-electron chi connectivity index (χ2n) is 6.45. The summed E-state index contributed by atoms with van der Waals surface area (Å²) in [5, 5.41) is 15.4. The van der Waals surface area contributed by atoms with Crippen LogP contribution in [0, 0.1) is 13.8 Å². The standard InChI is InChI=1S/C18H23N3O2S/c1-12-3-4-13(2)16(7-12)20-17(23)8-18-19-14(11-24-18)9-21-6-5-15(22)10-21/h3-4,7,11,15,22H,5-6,8-10H2,1-2H3,(H,20,23)/t15-/m0/s1. The maximum atomic E-state index is 12.3. The third kappa shape index (κ3) is 4.41. The fourth-order valence-electron chi connectivity index (χ4n) is 2.89. The smallest absolute Gasteiger partial charge is 0.231 e. The van der Waals surface area contributed by atoms with Crippen molar-refractivity contribution in [2.75, 3.05) is 18.4 Å². The maximum absolute atomic E-state index is 12.3. The van der Waals surface area contributed by atoms with Crippen LogP contribution in [-0.2, 0) is 17.8 Å². The van der Waals surface area contributed by atoms with Gasteiger partial charge in [0.05, 0.1) is 18.2 Å². The Morgan fingerprint density at radius 3 is 3.04 bits per heavy atom. The van der Waals surface area contributed by atoms with Crippen molar-refractivity contribution in [2.24, 2.45) is 0 Å². The number of benzene rings is 1. The molecule has 1 fully saturated rings. The minimum Gasteiger partial charge on any atom is -0.392 e. The van der Waals surface area contributed by atoms with Crippen molar-refractivity contribution in [1.29, 1.82) is 0 Å². The highest BCUT2D eigenvalue weighted by molar-refractivity contribution is 7.09. The van der Waals surface area contributed by atoms with E-state index in [-0.39, 0.29) is 12.0 Å². The molecule has 0 radical (unpaired) electrons. The second-order valence-corrected chi connectivity index (χ2v) is 7.40. The second kappa shape index (κ2) is 7.42. The highest BCUT2D eigenvalue weighted by Gasteiger charge is 2.21. The molecule has 0 spiro atoms. The fraction of sp³-hybridized carbons (Fsp3) is 0.444. The third-order valence-corrected chi connectivity index (χ3v) is 5.11. The third-order valence-electron chi connectivity index (χ3n) is 4.21. The van der Waals surface area contributed by atoms with Gasteiger partial charge in [-0.05, 0) is 37.5 Å². The minimum absolute atomic E-state index is 0.0406. The Kier molecular flexibility index (Phi) is 5.28. The molecule has 1 atom stereocenters. The molecule has 0 aliphatic carbocycles. The summed E-state index contributed by atoms with van der Waals surface area (Å²) in [5.74, 6) is -0.0406. The number of β-amino-alcohol motifs (C(OH)–C–C–N with tert-alkyl or cyclic N) is 1. The number of nitrogens with zero attached hydrogens (tertiary/aromatic N) is 2. The Morgan fingerprint density at radius 1 is 1.46 bits per heavy atom. The zero-order valence-corrected chi connectivity index (χ0v) is 14.9. The van der Waals surface area contributed by atoms with Gasteiger partial charge in [-0.1, -0.05) is 12.1 Å². The molecule has 1 aliphatic heterocycles. The highest BCUT2D eigenvalue weighted by atomic mass is 32.1. The van der Waals surface area contributed by atoms with Gasteiger partial charge in [0.1, 0.15) is 5.01 Å². The van der Waals surface area contributed by atoms with E-state index in [1.54, 1.807) is 0 Å². The number of carbonyl (C=O) groups excluding carboxylic acids is 1. The number of amides is 1. The zero-order chi connectivity index (χ0) is 17.1. The van der Waals surface area contributed by atoms with Gasteiger partial charge >= 0.3 is 0 Å². The Hall–Kier alpha value is -1.76. The number of hydrogen-bond acceptors (Lipinski definition) is 5. The van der Waals surface area contributed by atoms with Gasteiger partial charge in [-0.25, -0.2) is 4.98 Å². The van der Waals surface area contributed by atoms with E-state index in [0.29, 0.717) is 13.0 Å². The van der Waals surface area contributed by atoms with Crippen LogP contribution in [0.25, 0.3) is 0 Å². The lowest BCUT2D eigenvalue weighted by molar-refractivity contribution is -0.115. The number of nitrogens with one attached hydrogen (secondary N) is 1. The minimum atomic E-state index is -0.216. The van der Waals surface area contributed by atoms with Gasteiger partial charge in [0, 0.05) is 30.7 Å². The lowest BCUT2D eigenvalue weighted by atomic mass is 10.1. The quantitative estimate of drug-likeness (QED) is 0.874. The number of aliphatic hydroxyl groups excluding tert-OH is 1. The number of aromatic nitrogens is 1. The molecule has 0 saturated carbocycles. The molecule has 128 valence electrons. The number of aryl methyl sites for hydroxylation is 2. The molecular weight excluding hydrogens is 322 g/mol. The molecule has 2 heterocycles. The van der Waals surface area contributed by atoms with Gasteiger partial charge in [-0.15, -0.1) is 11.3 Å². The first-order valence-electron chi connectivity index (χ1n) is 8.20. The molecule has 0 bridgehead atoms. The van der Waals surface area contributed by atoms with Crippen molar-refractivity contribution in [3.63, 3.8) is 0 Å². The molecule has 1 saturated heterocycles. The van der Waals surface area contributed by atoms with E-state index in [2.05, 4.69) is 15.2 Å². The van der Waals surface area contributed by atoms with Crippen LogP contribution >= 0.6 is 11.3 Å². The number of thiazole rings is 1. The highest BCUT2D eigenvalue weighted by Crippen LogP contribution is 2.19. The summed E-state index contributed by atoms with van der Waals surface area (Å²) in [6.45, 7) is 6.35. The SMILES string of the molecule is Cc1ccc(C)c(NC(=O)Cc2nc(CN3CC[C@H](O)C3)cs2)c1. The molecule has 1 aliphatic rings. The summed E-state index contributed by atoms with van der Waals surface area (Å²) in [6, 6.07) is 6.03. The zero-order valence-electron chi connectivity index (χ0n) is 14.1. The molecule has 2 aromatic rings. The summed E-state index contributed by atoms with van der Waals surface area (Å²) in [5.41, 5.74) is 4.02. The molecule has 3 rings (SSSR count). The van der Waals surface area contributed by atoms with E-state index in [0.717, 1.165) is 47.0 Å².